The van der Waals surface area contributed by atoms with Gasteiger partial charge in [-0.15, -0.1) is 0 Å². The summed E-state index contributed by atoms with van der Waals surface area (Å²) in [4.78, 5) is 29.4. The molecular formula is C28H38FN3O4. The Morgan fingerprint density at radius 3 is 2.56 bits per heavy atom. The molecule has 36 heavy (non-hydrogen) atoms. The number of fused-ring (bicyclic) bond motifs is 1. The molecule has 196 valence electrons. The third-order valence-corrected chi connectivity index (χ3v) is 6.64. The third kappa shape index (κ3) is 7.27. The zero-order valence-electron chi connectivity index (χ0n) is 21.9. The molecule has 1 heterocycles. The van der Waals surface area contributed by atoms with Crippen molar-refractivity contribution in [3.63, 3.8) is 0 Å². The predicted octanol–water partition coefficient (Wildman–Crippen LogP) is 4.57. The first kappa shape index (κ1) is 27.6. The van der Waals surface area contributed by atoms with E-state index < -0.39 is 0 Å². The highest BCUT2D eigenvalue weighted by Gasteiger charge is 2.28. The van der Waals surface area contributed by atoms with Crippen molar-refractivity contribution in [2.24, 2.45) is 5.92 Å². The Morgan fingerprint density at radius 1 is 1.17 bits per heavy atom. The maximum absolute atomic E-state index is 13.5. The number of methoxy groups -OCH3 is 1. The highest BCUT2D eigenvalue weighted by molar-refractivity contribution is 5.98. The highest BCUT2D eigenvalue weighted by atomic mass is 19.1. The number of ether oxygens (including phenoxy) is 2. The van der Waals surface area contributed by atoms with Crippen LogP contribution in [0.25, 0.3) is 0 Å². The van der Waals surface area contributed by atoms with Crippen molar-refractivity contribution in [3.05, 3.63) is 59.4 Å². The average molecular weight is 500 g/mol. The van der Waals surface area contributed by atoms with Crippen LogP contribution in [0.5, 0.6) is 5.75 Å². The Bertz CT molecular complexity index is 1030. The number of hydrogen-bond donors (Lipinski definition) is 1. The summed E-state index contributed by atoms with van der Waals surface area (Å²) in [6.45, 7) is 8.23. The number of carbonyl (C=O) groups excluding carboxylic acids is 2. The standard InChI is InChI=1S/C28H38FN3O4/c1-6-7-27(33)30-23-12-13-24-25(14-23)36-18-20(3)32(16-21-8-10-22(29)11-9-21)15-19(2)26(35-5)17-31(4)28(24)34/h8-14,19-20,26H,6-7,15-18H2,1-5H3,(H,30,33)/t19-,20+,26-/m0/s1. The fraction of sp³-hybridized carbons (Fsp3) is 0.500. The lowest BCUT2D eigenvalue weighted by molar-refractivity contribution is -0.116. The van der Waals surface area contributed by atoms with Crippen LogP contribution in [0.3, 0.4) is 0 Å². The van der Waals surface area contributed by atoms with Crippen LogP contribution in [0.15, 0.2) is 42.5 Å². The molecular weight excluding hydrogens is 461 g/mol. The van der Waals surface area contributed by atoms with Crippen molar-refractivity contribution >= 4 is 17.5 Å². The molecule has 2 aromatic carbocycles. The smallest absolute Gasteiger partial charge is 0.257 e. The molecule has 0 saturated carbocycles. The van der Waals surface area contributed by atoms with Gasteiger partial charge in [-0.2, -0.15) is 0 Å². The van der Waals surface area contributed by atoms with Gasteiger partial charge in [0.15, 0.2) is 0 Å². The van der Waals surface area contributed by atoms with Crippen LogP contribution in [0.4, 0.5) is 10.1 Å². The number of halogens is 1. The zero-order chi connectivity index (χ0) is 26.2. The van der Waals surface area contributed by atoms with E-state index in [4.69, 9.17) is 9.47 Å². The number of nitrogens with zero attached hydrogens (tertiary/aromatic N) is 2. The molecule has 0 spiro atoms. The largest absolute Gasteiger partial charge is 0.491 e. The summed E-state index contributed by atoms with van der Waals surface area (Å²) in [6, 6.07) is 11.7. The molecule has 8 heteroatoms. The van der Waals surface area contributed by atoms with E-state index in [-0.39, 0.29) is 35.7 Å². The molecule has 0 aromatic heterocycles. The van der Waals surface area contributed by atoms with Gasteiger partial charge in [0.2, 0.25) is 5.91 Å². The van der Waals surface area contributed by atoms with Crippen LogP contribution >= 0.6 is 0 Å². The summed E-state index contributed by atoms with van der Waals surface area (Å²) in [5, 5.41) is 2.88. The first-order chi connectivity index (χ1) is 17.2. The van der Waals surface area contributed by atoms with E-state index in [1.807, 2.05) is 6.92 Å². The first-order valence-corrected chi connectivity index (χ1v) is 12.5. The molecule has 1 aliphatic heterocycles. The number of rotatable bonds is 6. The van der Waals surface area contributed by atoms with Crippen LogP contribution in [-0.2, 0) is 16.1 Å². The number of carbonyl (C=O) groups is 2. The molecule has 1 aliphatic rings. The van der Waals surface area contributed by atoms with Gasteiger partial charge in [0.25, 0.3) is 5.91 Å². The lowest BCUT2D eigenvalue weighted by Gasteiger charge is -2.36. The summed E-state index contributed by atoms with van der Waals surface area (Å²) in [5.74, 6) is 0.0511. The predicted molar refractivity (Wildman–Crippen MR) is 139 cm³/mol. The van der Waals surface area contributed by atoms with E-state index in [2.05, 4.69) is 24.1 Å². The highest BCUT2D eigenvalue weighted by Crippen LogP contribution is 2.27. The summed E-state index contributed by atoms with van der Waals surface area (Å²) < 4.78 is 25.5. The van der Waals surface area contributed by atoms with Crippen molar-refractivity contribution in [3.8, 4) is 5.75 Å². The second kappa shape index (κ2) is 12.8. The van der Waals surface area contributed by atoms with Crippen molar-refractivity contribution in [2.45, 2.75) is 52.3 Å². The number of nitrogens with one attached hydrogen (secondary N) is 1. The second-order valence-corrected chi connectivity index (χ2v) is 9.66. The van der Waals surface area contributed by atoms with Crippen LogP contribution in [0, 0.1) is 11.7 Å². The maximum atomic E-state index is 13.5. The summed E-state index contributed by atoms with van der Waals surface area (Å²) in [5.41, 5.74) is 2.03. The quantitative estimate of drug-likeness (QED) is 0.631. The van der Waals surface area contributed by atoms with E-state index in [1.165, 1.54) is 12.1 Å². The van der Waals surface area contributed by atoms with E-state index in [0.29, 0.717) is 49.7 Å². The van der Waals surface area contributed by atoms with E-state index in [1.54, 1.807) is 49.4 Å². The molecule has 0 aliphatic carbocycles. The molecule has 0 saturated heterocycles. The van der Waals surface area contributed by atoms with Gasteiger partial charge >= 0.3 is 0 Å². The minimum absolute atomic E-state index is 0.00606. The van der Waals surface area contributed by atoms with E-state index in [9.17, 15) is 14.0 Å². The Kier molecular flexibility index (Phi) is 9.84. The van der Waals surface area contributed by atoms with Crippen molar-refractivity contribution in [2.75, 3.05) is 39.2 Å². The SMILES string of the molecule is CCCC(=O)Nc1ccc2c(c1)OC[C@@H](C)N(Cc1ccc(F)cc1)C[C@H](C)[C@@H](OC)CN(C)C2=O. The Labute approximate surface area is 213 Å². The molecule has 2 amide bonds. The van der Waals surface area contributed by atoms with Gasteiger partial charge < -0.3 is 19.7 Å². The molecule has 3 rings (SSSR count). The molecule has 0 radical (unpaired) electrons. The van der Waals surface area contributed by atoms with Crippen molar-refractivity contribution in [1.82, 2.24) is 9.80 Å². The summed E-state index contributed by atoms with van der Waals surface area (Å²) in [7, 11) is 3.42. The van der Waals surface area contributed by atoms with Crippen LogP contribution in [0.1, 0.15) is 49.5 Å². The van der Waals surface area contributed by atoms with E-state index >= 15 is 0 Å². The molecule has 0 bridgehead atoms. The molecule has 0 unspecified atom stereocenters. The van der Waals surface area contributed by atoms with Gasteiger partial charge in [0.05, 0.1) is 11.7 Å². The van der Waals surface area contributed by atoms with Crippen LogP contribution < -0.4 is 10.1 Å². The summed E-state index contributed by atoms with van der Waals surface area (Å²) in [6.07, 6.45) is 1.00. The molecule has 2 aromatic rings. The van der Waals surface area contributed by atoms with Crippen LogP contribution in [-0.4, -0.2) is 67.6 Å². The fourth-order valence-electron chi connectivity index (χ4n) is 4.42. The Balaban J connectivity index is 1.92. The minimum Gasteiger partial charge on any atom is -0.491 e. The fourth-order valence-corrected chi connectivity index (χ4v) is 4.42. The molecule has 3 atom stereocenters. The van der Waals surface area contributed by atoms with Crippen molar-refractivity contribution < 1.29 is 23.5 Å². The number of anilines is 1. The van der Waals surface area contributed by atoms with Gasteiger partial charge in [0, 0.05) is 58.0 Å². The van der Waals surface area contributed by atoms with Gasteiger partial charge in [0.1, 0.15) is 18.2 Å². The zero-order valence-corrected chi connectivity index (χ0v) is 21.9. The topological polar surface area (TPSA) is 71.1 Å². The Morgan fingerprint density at radius 2 is 1.89 bits per heavy atom. The monoisotopic (exact) mass is 499 g/mol. The molecule has 7 nitrogen and oxygen atoms in total. The van der Waals surface area contributed by atoms with Gasteiger partial charge in [-0.05, 0) is 49.1 Å². The second-order valence-electron chi connectivity index (χ2n) is 9.66. The van der Waals surface area contributed by atoms with Gasteiger partial charge in [-0.3, -0.25) is 14.5 Å². The normalized spacial score (nSPS) is 21.7. The minimum atomic E-state index is -0.261. The number of hydrogen-bond acceptors (Lipinski definition) is 5. The Hall–Kier alpha value is -2.97. The number of likely N-dealkylation sites (N-methyl/N-ethyl adjacent to an activating group) is 1. The first-order valence-electron chi connectivity index (χ1n) is 12.5. The average Bonchev–Trinajstić information content (AvgIpc) is 2.85. The number of amides is 2. The summed E-state index contributed by atoms with van der Waals surface area (Å²) >= 11 is 0. The lowest BCUT2D eigenvalue weighted by atomic mass is 10.0. The maximum Gasteiger partial charge on any atom is 0.257 e. The molecule has 0 fully saturated rings. The van der Waals surface area contributed by atoms with Gasteiger partial charge in [-0.25, -0.2) is 4.39 Å². The molecule has 1 N–H and O–H groups in total. The van der Waals surface area contributed by atoms with Crippen molar-refractivity contribution in [1.29, 1.82) is 0 Å². The van der Waals surface area contributed by atoms with Crippen LogP contribution in [0.2, 0.25) is 0 Å². The van der Waals surface area contributed by atoms with Gasteiger partial charge in [-0.1, -0.05) is 26.0 Å². The number of benzene rings is 2. The lowest BCUT2D eigenvalue weighted by Crippen LogP contribution is -2.46. The third-order valence-electron chi connectivity index (χ3n) is 6.64. The van der Waals surface area contributed by atoms with E-state index in [0.717, 1.165) is 12.0 Å².